The molecular formula is C26H49N. The first kappa shape index (κ1) is 21.7. The second kappa shape index (κ2) is 9.19. The first-order chi connectivity index (χ1) is 12.9. The average Bonchev–Trinajstić information content (AvgIpc) is 2.63. The van der Waals surface area contributed by atoms with Gasteiger partial charge in [0.05, 0.1) is 0 Å². The zero-order chi connectivity index (χ0) is 19.6. The van der Waals surface area contributed by atoms with Crippen LogP contribution in [-0.4, -0.2) is 6.04 Å². The van der Waals surface area contributed by atoms with Crippen LogP contribution in [0.5, 0.6) is 0 Å². The Kier molecular flexibility index (Phi) is 7.37. The first-order valence-corrected chi connectivity index (χ1v) is 12.7. The normalized spacial score (nSPS) is 45.6. The van der Waals surface area contributed by atoms with E-state index < -0.39 is 0 Å². The van der Waals surface area contributed by atoms with Crippen LogP contribution in [0.1, 0.15) is 112 Å². The zero-order valence-electron chi connectivity index (χ0n) is 19.2. The summed E-state index contributed by atoms with van der Waals surface area (Å²) in [4.78, 5) is 0. The minimum atomic E-state index is 0.495. The van der Waals surface area contributed by atoms with E-state index in [-0.39, 0.29) is 0 Å². The lowest BCUT2D eigenvalue weighted by Crippen LogP contribution is -2.47. The lowest BCUT2D eigenvalue weighted by Gasteiger charge is -2.53. The van der Waals surface area contributed by atoms with Gasteiger partial charge in [0.15, 0.2) is 0 Å². The molecule has 0 spiro atoms. The van der Waals surface area contributed by atoms with Gasteiger partial charge in [-0.05, 0) is 91.8 Å². The fraction of sp³-hybridized carbons (Fsp3) is 1.00. The summed E-state index contributed by atoms with van der Waals surface area (Å²) < 4.78 is 0. The number of hydrogen-bond donors (Lipinski definition) is 1. The van der Waals surface area contributed by atoms with Gasteiger partial charge in [-0.25, -0.2) is 0 Å². The van der Waals surface area contributed by atoms with Crippen molar-refractivity contribution >= 4 is 0 Å². The Hall–Kier alpha value is -0.0400. The van der Waals surface area contributed by atoms with E-state index in [2.05, 4.69) is 34.6 Å². The standard InChI is InChI=1S/C26H49N/c1-6-18-10-9-15-26(4,5)17-19(7-2)25(18)24-13-11-20-16-21(27)12-14-23(20)22(24)8-3/h18-25H,6-17,27H2,1-5H3/t18?,19?,20?,21-,22?,23?,24?,25?/m1/s1. The van der Waals surface area contributed by atoms with Crippen LogP contribution in [0.15, 0.2) is 0 Å². The Balaban J connectivity index is 1.86. The van der Waals surface area contributed by atoms with Crippen molar-refractivity contribution < 1.29 is 0 Å². The van der Waals surface area contributed by atoms with E-state index in [0.29, 0.717) is 11.5 Å². The largest absolute Gasteiger partial charge is 0.328 e. The van der Waals surface area contributed by atoms with Gasteiger partial charge >= 0.3 is 0 Å². The molecule has 0 aromatic carbocycles. The van der Waals surface area contributed by atoms with E-state index in [0.717, 1.165) is 41.4 Å². The SMILES string of the molecule is CCC1CCCC(C)(C)CC(CC)C1C1CCC2C[C@H](N)CCC2C1CC. The molecule has 3 aliphatic carbocycles. The molecule has 27 heavy (non-hydrogen) atoms. The number of hydrogen-bond acceptors (Lipinski definition) is 1. The topological polar surface area (TPSA) is 26.0 Å². The maximum Gasteiger partial charge on any atom is 0.00416 e. The second-order valence-corrected chi connectivity index (χ2v) is 11.5. The van der Waals surface area contributed by atoms with Crippen LogP contribution in [0, 0.1) is 46.8 Å². The summed E-state index contributed by atoms with van der Waals surface area (Å²) in [6, 6.07) is 0.495. The fourth-order valence-electron chi connectivity index (χ4n) is 8.20. The first-order valence-electron chi connectivity index (χ1n) is 12.7. The Morgan fingerprint density at radius 3 is 2.19 bits per heavy atom. The lowest BCUT2D eigenvalue weighted by molar-refractivity contribution is -0.0329. The average molecular weight is 376 g/mol. The van der Waals surface area contributed by atoms with Crippen molar-refractivity contribution in [3.05, 3.63) is 0 Å². The van der Waals surface area contributed by atoms with Crippen LogP contribution in [-0.2, 0) is 0 Å². The molecule has 0 amide bonds. The van der Waals surface area contributed by atoms with E-state index >= 15 is 0 Å². The van der Waals surface area contributed by atoms with Crippen LogP contribution in [0.4, 0.5) is 0 Å². The molecule has 0 heterocycles. The highest BCUT2D eigenvalue weighted by Crippen LogP contribution is 2.55. The quantitative estimate of drug-likeness (QED) is 0.543. The molecule has 3 fully saturated rings. The molecule has 0 aromatic rings. The highest BCUT2D eigenvalue weighted by atomic mass is 14.7. The highest BCUT2D eigenvalue weighted by Gasteiger charge is 2.47. The van der Waals surface area contributed by atoms with Crippen molar-refractivity contribution in [3.63, 3.8) is 0 Å². The molecule has 0 bridgehead atoms. The molecular weight excluding hydrogens is 326 g/mol. The molecule has 1 heteroatoms. The molecule has 0 radical (unpaired) electrons. The third-order valence-electron chi connectivity index (χ3n) is 9.40. The van der Waals surface area contributed by atoms with E-state index in [1.165, 1.54) is 77.0 Å². The van der Waals surface area contributed by atoms with Crippen molar-refractivity contribution in [1.29, 1.82) is 0 Å². The van der Waals surface area contributed by atoms with Gasteiger partial charge in [0, 0.05) is 6.04 Å². The smallest absolute Gasteiger partial charge is 0.00416 e. The molecule has 3 aliphatic rings. The van der Waals surface area contributed by atoms with Crippen molar-refractivity contribution in [3.8, 4) is 0 Å². The van der Waals surface area contributed by atoms with Crippen LogP contribution < -0.4 is 5.73 Å². The van der Waals surface area contributed by atoms with Gasteiger partial charge in [0.1, 0.15) is 0 Å². The molecule has 3 saturated carbocycles. The third kappa shape index (κ3) is 4.76. The zero-order valence-corrected chi connectivity index (χ0v) is 19.2. The minimum Gasteiger partial charge on any atom is -0.328 e. The van der Waals surface area contributed by atoms with Crippen molar-refractivity contribution in [1.82, 2.24) is 0 Å². The van der Waals surface area contributed by atoms with Crippen molar-refractivity contribution in [2.24, 2.45) is 52.6 Å². The minimum absolute atomic E-state index is 0.495. The predicted octanol–water partition coefficient (Wildman–Crippen LogP) is 7.44. The Bertz CT molecular complexity index is 455. The van der Waals surface area contributed by atoms with Crippen molar-refractivity contribution in [2.45, 2.75) is 118 Å². The van der Waals surface area contributed by atoms with E-state index in [1.807, 2.05) is 0 Å². The third-order valence-corrected chi connectivity index (χ3v) is 9.40. The van der Waals surface area contributed by atoms with Gasteiger partial charge in [-0.3, -0.25) is 0 Å². The van der Waals surface area contributed by atoms with Gasteiger partial charge in [-0.1, -0.05) is 66.7 Å². The summed E-state index contributed by atoms with van der Waals surface area (Å²) in [5.74, 6) is 6.82. The number of nitrogens with two attached hydrogens (primary N) is 1. The van der Waals surface area contributed by atoms with E-state index in [4.69, 9.17) is 5.73 Å². The molecule has 158 valence electrons. The summed E-state index contributed by atoms with van der Waals surface area (Å²) in [6.45, 7) is 12.6. The van der Waals surface area contributed by atoms with Crippen LogP contribution >= 0.6 is 0 Å². The van der Waals surface area contributed by atoms with Crippen molar-refractivity contribution in [2.75, 3.05) is 0 Å². The molecule has 1 nitrogen and oxygen atoms in total. The second-order valence-electron chi connectivity index (χ2n) is 11.5. The predicted molar refractivity (Wildman–Crippen MR) is 119 cm³/mol. The number of fused-ring (bicyclic) bond motifs is 1. The van der Waals surface area contributed by atoms with Gasteiger partial charge in [0.25, 0.3) is 0 Å². The van der Waals surface area contributed by atoms with Gasteiger partial charge in [-0.15, -0.1) is 0 Å². The molecule has 0 aliphatic heterocycles. The van der Waals surface area contributed by atoms with Crippen LogP contribution in [0.25, 0.3) is 0 Å². The Morgan fingerprint density at radius 1 is 0.815 bits per heavy atom. The summed E-state index contributed by atoms with van der Waals surface area (Å²) >= 11 is 0. The molecule has 3 rings (SSSR count). The summed E-state index contributed by atoms with van der Waals surface area (Å²) in [6.07, 6.45) is 17.1. The summed E-state index contributed by atoms with van der Waals surface area (Å²) in [5, 5.41) is 0. The van der Waals surface area contributed by atoms with Crippen LogP contribution in [0.3, 0.4) is 0 Å². The molecule has 0 saturated heterocycles. The van der Waals surface area contributed by atoms with Gasteiger partial charge < -0.3 is 5.73 Å². The number of rotatable bonds is 4. The summed E-state index contributed by atoms with van der Waals surface area (Å²) in [5.41, 5.74) is 6.91. The lowest BCUT2D eigenvalue weighted by atomic mass is 9.52. The highest BCUT2D eigenvalue weighted by molar-refractivity contribution is 4.97. The van der Waals surface area contributed by atoms with Gasteiger partial charge in [-0.2, -0.15) is 0 Å². The molecule has 8 atom stereocenters. The molecule has 7 unspecified atom stereocenters. The van der Waals surface area contributed by atoms with E-state index in [1.54, 1.807) is 0 Å². The molecule has 0 aromatic heterocycles. The van der Waals surface area contributed by atoms with Crippen LogP contribution in [0.2, 0.25) is 0 Å². The molecule has 2 N–H and O–H groups in total. The van der Waals surface area contributed by atoms with Gasteiger partial charge in [0.2, 0.25) is 0 Å². The Morgan fingerprint density at radius 2 is 1.52 bits per heavy atom. The summed E-state index contributed by atoms with van der Waals surface area (Å²) in [7, 11) is 0. The monoisotopic (exact) mass is 375 g/mol. The van der Waals surface area contributed by atoms with E-state index in [9.17, 15) is 0 Å². The fourth-order valence-corrected chi connectivity index (χ4v) is 8.20. The maximum absolute atomic E-state index is 6.36. The maximum atomic E-state index is 6.36. The Labute approximate surface area is 170 Å².